The number of benzene rings is 2. The van der Waals surface area contributed by atoms with Crippen molar-refractivity contribution >= 4 is 17.5 Å². The van der Waals surface area contributed by atoms with Crippen molar-refractivity contribution in [1.82, 2.24) is 5.32 Å². The molecule has 0 aromatic heterocycles. The van der Waals surface area contributed by atoms with E-state index in [1.807, 2.05) is 56.3 Å². The van der Waals surface area contributed by atoms with Gasteiger partial charge in [-0.1, -0.05) is 18.2 Å². The lowest BCUT2D eigenvalue weighted by Crippen LogP contribution is -2.50. The summed E-state index contributed by atoms with van der Waals surface area (Å²) in [6.07, 6.45) is 0.840. The van der Waals surface area contributed by atoms with Crippen LogP contribution in [0, 0.1) is 13.8 Å². The molecule has 1 N–H and O–H groups in total. The van der Waals surface area contributed by atoms with E-state index in [1.165, 1.54) is 5.56 Å². The van der Waals surface area contributed by atoms with Gasteiger partial charge in [-0.15, -0.1) is 0 Å². The highest BCUT2D eigenvalue weighted by molar-refractivity contribution is 5.95. The van der Waals surface area contributed by atoms with Crippen LogP contribution >= 0.6 is 0 Å². The van der Waals surface area contributed by atoms with E-state index in [9.17, 15) is 9.59 Å². The summed E-state index contributed by atoms with van der Waals surface area (Å²) in [7, 11) is 1.63. The third kappa shape index (κ3) is 5.57. The number of carbonyl (C=O) groups is 2. The van der Waals surface area contributed by atoms with Crippen molar-refractivity contribution in [3.05, 3.63) is 59.2 Å². The minimum absolute atomic E-state index is 0.0271. The third-order valence-corrected chi connectivity index (χ3v) is 5.26. The van der Waals surface area contributed by atoms with Crippen LogP contribution in [0.2, 0.25) is 0 Å². The number of methoxy groups -OCH3 is 1. The van der Waals surface area contributed by atoms with Crippen molar-refractivity contribution < 1.29 is 19.1 Å². The smallest absolute Gasteiger partial charge is 0.253 e. The van der Waals surface area contributed by atoms with E-state index in [1.54, 1.807) is 12.0 Å². The standard InChI is InChI=1S/C23H28N2O4/c1-16-4-8-19(12-17(16)2)25-14-21(29-15-23(25)27)13-24-22(26)11-7-18-5-9-20(28-3)10-6-18/h4-6,8-10,12,21H,7,11,13-15H2,1-3H3,(H,24,26). The topological polar surface area (TPSA) is 67.9 Å². The van der Waals surface area contributed by atoms with Crippen LogP contribution in [-0.2, 0) is 20.7 Å². The molecule has 0 radical (unpaired) electrons. The Morgan fingerprint density at radius 3 is 2.62 bits per heavy atom. The number of nitrogens with one attached hydrogen (secondary N) is 1. The van der Waals surface area contributed by atoms with Gasteiger partial charge >= 0.3 is 0 Å². The summed E-state index contributed by atoms with van der Waals surface area (Å²) in [5, 5.41) is 2.93. The summed E-state index contributed by atoms with van der Waals surface area (Å²) < 4.78 is 10.8. The number of nitrogens with zero attached hydrogens (tertiary/aromatic N) is 1. The number of anilines is 1. The molecule has 0 bridgehead atoms. The van der Waals surface area contributed by atoms with E-state index in [-0.39, 0.29) is 24.5 Å². The molecule has 154 valence electrons. The predicted octanol–water partition coefficient (Wildman–Crippen LogP) is 2.79. The molecule has 2 amide bonds. The largest absolute Gasteiger partial charge is 0.497 e. The van der Waals surface area contributed by atoms with Gasteiger partial charge in [0.05, 0.1) is 19.8 Å². The Morgan fingerprint density at radius 2 is 1.93 bits per heavy atom. The fourth-order valence-electron chi connectivity index (χ4n) is 3.26. The van der Waals surface area contributed by atoms with Crippen molar-refractivity contribution in [2.75, 3.05) is 31.7 Å². The lowest BCUT2D eigenvalue weighted by molar-refractivity contribution is -0.129. The molecule has 6 heteroatoms. The molecule has 1 aliphatic rings. The summed E-state index contributed by atoms with van der Waals surface area (Å²) in [5.74, 6) is 0.713. The van der Waals surface area contributed by atoms with Crippen molar-refractivity contribution in [1.29, 1.82) is 0 Å². The minimum Gasteiger partial charge on any atom is -0.497 e. The normalized spacial score (nSPS) is 16.6. The van der Waals surface area contributed by atoms with Gasteiger partial charge < -0.3 is 19.7 Å². The molecule has 1 aliphatic heterocycles. The average molecular weight is 396 g/mol. The van der Waals surface area contributed by atoms with Gasteiger partial charge in [-0.3, -0.25) is 9.59 Å². The molecule has 29 heavy (non-hydrogen) atoms. The molecule has 6 nitrogen and oxygen atoms in total. The maximum atomic E-state index is 12.3. The van der Waals surface area contributed by atoms with Crippen molar-refractivity contribution in [2.24, 2.45) is 0 Å². The van der Waals surface area contributed by atoms with Gasteiger partial charge in [0.2, 0.25) is 5.91 Å². The van der Waals surface area contributed by atoms with Gasteiger partial charge in [-0.05, 0) is 61.2 Å². The number of rotatable bonds is 7. The summed E-state index contributed by atoms with van der Waals surface area (Å²) >= 11 is 0. The lowest BCUT2D eigenvalue weighted by atomic mass is 10.1. The quantitative estimate of drug-likeness (QED) is 0.782. The number of aryl methyl sites for hydroxylation is 3. The molecule has 1 atom stereocenters. The van der Waals surface area contributed by atoms with Crippen LogP contribution in [-0.4, -0.2) is 44.7 Å². The average Bonchev–Trinajstić information content (AvgIpc) is 2.74. The Bertz CT molecular complexity index is 864. The molecule has 1 fully saturated rings. The first-order valence-electron chi connectivity index (χ1n) is 9.85. The van der Waals surface area contributed by atoms with Gasteiger partial charge in [0.15, 0.2) is 0 Å². The molecular weight excluding hydrogens is 368 g/mol. The molecule has 1 heterocycles. The number of hydrogen-bond donors (Lipinski definition) is 1. The van der Waals surface area contributed by atoms with E-state index in [0.29, 0.717) is 25.9 Å². The Kier molecular flexibility index (Phi) is 6.88. The molecule has 0 spiro atoms. The molecule has 2 aromatic rings. The van der Waals surface area contributed by atoms with Crippen LogP contribution in [0.15, 0.2) is 42.5 Å². The van der Waals surface area contributed by atoms with E-state index in [2.05, 4.69) is 5.32 Å². The van der Waals surface area contributed by atoms with Crippen molar-refractivity contribution in [3.8, 4) is 5.75 Å². The first-order valence-corrected chi connectivity index (χ1v) is 9.85. The number of ether oxygens (including phenoxy) is 2. The fourth-order valence-corrected chi connectivity index (χ4v) is 3.26. The van der Waals surface area contributed by atoms with Crippen LogP contribution in [0.1, 0.15) is 23.1 Å². The number of morpholine rings is 1. The van der Waals surface area contributed by atoms with E-state index in [4.69, 9.17) is 9.47 Å². The second-order valence-electron chi connectivity index (χ2n) is 7.36. The van der Waals surface area contributed by atoms with Crippen LogP contribution in [0.25, 0.3) is 0 Å². The van der Waals surface area contributed by atoms with Gasteiger partial charge in [0, 0.05) is 18.7 Å². The zero-order valence-corrected chi connectivity index (χ0v) is 17.2. The zero-order chi connectivity index (χ0) is 20.8. The van der Waals surface area contributed by atoms with Gasteiger partial charge in [-0.25, -0.2) is 0 Å². The fraction of sp³-hybridized carbons (Fsp3) is 0.391. The van der Waals surface area contributed by atoms with Crippen molar-refractivity contribution in [3.63, 3.8) is 0 Å². The van der Waals surface area contributed by atoms with Gasteiger partial charge in [0.1, 0.15) is 12.4 Å². The molecule has 3 rings (SSSR count). The number of hydrogen-bond acceptors (Lipinski definition) is 4. The number of amides is 2. The molecule has 0 saturated carbocycles. The van der Waals surface area contributed by atoms with Gasteiger partial charge in [0.25, 0.3) is 5.91 Å². The maximum absolute atomic E-state index is 12.3. The number of carbonyl (C=O) groups excluding carboxylic acids is 2. The van der Waals surface area contributed by atoms with E-state index >= 15 is 0 Å². The highest BCUT2D eigenvalue weighted by atomic mass is 16.5. The predicted molar refractivity (Wildman–Crippen MR) is 112 cm³/mol. The van der Waals surface area contributed by atoms with Crippen LogP contribution < -0.4 is 15.0 Å². The highest BCUT2D eigenvalue weighted by Crippen LogP contribution is 2.22. The summed E-state index contributed by atoms with van der Waals surface area (Å²) in [4.78, 5) is 26.2. The zero-order valence-electron chi connectivity index (χ0n) is 17.2. The summed E-state index contributed by atoms with van der Waals surface area (Å²) in [6, 6.07) is 13.7. The molecule has 2 aromatic carbocycles. The van der Waals surface area contributed by atoms with E-state index in [0.717, 1.165) is 22.6 Å². The summed E-state index contributed by atoms with van der Waals surface area (Å²) in [5.41, 5.74) is 4.29. The van der Waals surface area contributed by atoms with Crippen LogP contribution in [0.5, 0.6) is 5.75 Å². The second kappa shape index (κ2) is 9.56. The molecule has 1 saturated heterocycles. The Hall–Kier alpha value is -2.86. The SMILES string of the molecule is COc1ccc(CCC(=O)NCC2CN(c3ccc(C)c(C)c3)C(=O)CO2)cc1. The first kappa shape index (κ1) is 20.9. The van der Waals surface area contributed by atoms with Crippen LogP contribution in [0.3, 0.4) is 0 Å². The lowest BCUT2D eigenvalue weighted by Gasteiger charge is -2.33. The molecule has 0 aliphatic carbocycles. The Labute approximate surface area is 171 Å². The van der Waals surface area contributed by atoms with Gasteiger partial charge in [-0.2, -0.15) is 0 Å². The molecule has 1 unspecified atom stereocenters. The minimum atomic E-state index is -0.223. The van der Waals surface area contributed by atoms with Crippen molar-refractivity contribution in [2.45, 2.75) is 32.8 Å². The van der Waals surface area contributed by atoms with Crippen LogP contribution in [0.4, 0.5) is 5.69 Å². The second-order valence-corrected chi connectivity index (χ2v) is 7.36. The Balaban J connectivity index is 1.48. The van der Waals surface area contributed by atoms with E-state index < -0.39 is 0 Å². The third-order valence-electron chi connectivity index (χ3n) is 5.26. The highest BCUT2D eigenvalue weighted by Gasteiger charge is 2.27. The molecular formula is C23H28N2O4. The monoisotopic (exact) mass is 396 g/mol. The summed E-state index contributed by atoms with van der Waals surface area (Å²) in [6.45, 7) is 4.92. The Morgan fingerprint density at radius 1 is 1.17 bits per heavy atom. The maximum Gasteiger partial charge on any atom is 0.253 e. The first-order chi connectivity index (χ1) is 14.0.